The molecular weight excluding hydrogens is 256 g/mol. The Morgan fingerprint density at radius 2 is 2.05 bits per heavy atom. The van der Waals surface area contributed by atoms with Crippen molar-refractivity contribution in [2.24, 2.45) is 0 Å². The highest BCUT2D eigenvalue weighted by atomic mass is 32.1. The highest BCUT2D eigenvalue weighted by Crippen LogP contribution is 2.23. The van der Waals surface area contributed by atoms with Gasteiger partial charge in [-0.25, -0.2) is 15.0 Å². The van der Waals surface area contributed by atoms with E-state index in [9.17, 15) is 0 Å². The van der Waals surface area contributed by atoms with E-state index in [1.165, 1.54) is 0 Å². The number of hydrogen-bond donors (Lipinski definition) is 1. The van der Waals surface area contributed by atoms with Crippen molar-refractivity contribution in [3.63, 3.8) is 0 Å². The van der Waals surface area contributed by atoms with Crippen LogP contribution in [-0.4, -0.2) is 21.5 Å². The molecule has 2 aromatic rings. The van der Waals surface area contributed by atoms with Gasteiger partial charge in [0.1, 0.15) is 11.5 Å². The van der Waals surface area contributed by atoms with Gasteiger partial charge in [0.2, 0.25) is 0 Å². The van der Waals surface area contributed by atoms with E-state index >= 15 is 0 Å². The summed E-state index contributed by atoms with van der Waals surface area (Å²) in [6.45, 7) is 9.34. The van der Waals surface area contributed by atoms with Crippen LogP contribution in [0.5, 0.6) is 0 Å². The molecule has 0 aliphatic carbocycles. The minimum atomic E-state index is 0.378. The van der Waals surface area contributed by atoms with E-state index in [2.05, 4.69) is 41.0 Å². The Labute approximate surface area is 118 Å². The normalized spacial score (nSPS) is 11.0. The molecule has 0 aliphatic heterocycles. The molecule has 0 aromatic carbocycles. The van der Waals surface area contributed by atoms with Crippen molar-refractivity contribution in [1.82, 2.24) is 15.0 Å². The van der Waals surface area contributed by atoms with Crippen LogP contribution >= 0.6 is 11.3 Å². The number of nitrogens with one attached hydrogen (secondary N) is 1. The smallest absolute Gasteiger partial charge is 0.181 e. The van der Waals surface area contributed by atoms with Crippen molar-refractivity contribution in [2.75, 3.05) is 11.9 Å². The third-order valence-electron chi connectivity index (χ3n) is 2.74. The van der Waals surface area contributed by atoms with Crippen molar-refractivity contribution < 1.29 is 0 Å². The summed E-state index contributed by atoms with van der Waals surface area (Å²) in [5.41, 5.74) is 1.92. The molecule has 0 saturated heterocycles. The van der Waals surface area contributed by atoms with Crippen LogP contribution in [-0.2, 0) is 0 Å². The third kappa shape index (κ3) is 3.50. The summed E-state index contributed by atoms with van der Waals surface area (Å²) in [7, 11) is 0. The highest BCUT2D eigenvalue weighted by molar-refractivity contribution is 7.09. The minimum Gasteiger partial charge on any atom is -0.370 e. The van der Waals surface area contributed by atoms with Gasteiger partial charge in [-0.05, 0) is 19.3 Å². The molecule has 102 valence electrons. The average molecular weight is 276 g/mol. The van der Waals surface area contributed by atoms with E-state index in [1.54, 1.807) is 11.3 Å². The van der Waals surface area contributed by atoms with E-state index < -0.39 is 0 Å². The number of aryl methyl sites for hydroxylation is 1. The second-order valence-electron chi connectivity index (χ2n) is 4.83. The fraction of sp³-hybridized carbons (Fsp3) is 0.500. The first-order valence-electron chi connectivity index (χ1n) is 6.65. The molecule has 0 unspecified atom stereocenters. The van der Waals surface area contributed by atoms with E-state index in [4.69, 9.17) is 0 Å². The minimum absolute atomic E-state index is 0.378. The molecule has 0 amide bonds. The van der Waals surface area contributed by atoms with Gasteiger partial charge in [0.25, 0.3) is 0 Å². The van der Waals surface area contributed by atoms with Crippen molar-refractivity contribution in [3.05, 3.63) is 22.1 Å². The first kappa shape index (κ1) is 13.9. The molecule has 1 N–H and O–H groups in total. The Kier molecular flexibility index (Phi) is 4.47. The second kappa shape index (κ2) is 6.10. The van der Waals surface area contributed by atoms with Crippen molar-refractivity contribution in [2.45, 2.75) is 40.0 Å². The van der Waals surface area contributed by atoms with E-state index in [0.717, 1.165) is 35.2 Å². The van der Waals surface area contributed by atoms with Crippen LogP contribution in [0.2, 0.25) is 0 Å². The average Bonchev–Trinajstić information content (AvgIpc) is 2.82. The molecule has 5 heteroatoms. The van der Waals surface area contributed by atoms with Crippen LogP contribution < -0.4 is 5.32 Å². The zero-order valence-corrected chi connectivity index (χ0v) is 12.7. The topological polar surface area (TPSA) is 50.7 Å². The SMILES string of the molecule is CCCNc1cc(C(C)C)nc(-c2csc(C)n2)n1. The summed E-state index contributed by atoms with van der Waals surface area (Å²) in [5.74, 6) is 1.99. The van der Waals surface area contributed by atoms with Crippen LogP contribution in [0.4, 0.5) is 5.82 Å². The van der Waals surface area contributed by atoms with Gasteiger partial charge >= 0.3 is 0 Å². The van der Waals surface area contributed by atoms with Crippen molar-refractivity contribution >= 4 is 17.2 Å². The lowest BCUT2D eigenvalue weighted by atomic mass is 10.1. The van der Waals surface area contributed by atoms with Gasteiger partial charge in [-0.15, -0.1) is 11.3 Å². The monoisotopic (exact) mass is 276 g/mol. The lowest BCUT2D eigenvalue weighted by Gasteiger charge is -2.10. The number of nitrogens with zero attached hydrogens (tertiary/aromatic N) is 3. The first-order valence-corrected chi connectivity index (χ1v) is 7.53. The third-order valence-corrected chi connectivity index (χ3v) is 3.52. The molecule has 0 spiro atoms. The van der Waals surface area contributed by atoms with Crippen molar-refractivity contribution in [3.8, 4) is 11.5 Å². The number of aromatic nitrogens is 3. The number of anilines is 1. The molecule has 0 radical (unpaired) electrons. The highest BCUT2D eigenvalue weighted by Gasteiger charge is 2.11. The molecule has 0 fully saturated rings. The summed E-state index contributed by atoms with van der Waals surface area (Å²) in [5, 5.41) is 6.38. The van der Waals surface area contributed by atoms with Gasteiger partial charge in [0.15, 0.2) is 5.82 Å². The van der Waals surface area contributed by atoms with E-state index in [0.29, 0.717) is 11.7 Å². The van der Waals surface area contributed by atoms with Crippen LogP contribution in [0, 0.1) is 6.92 Å². The predicted octanol–water partition coefficient (Wildman–Crippen LogP) is 3.85. The second-order valence-corrected chi connectivity index (χ2v) is 5.90. The molecule has 0 saturated carbocycles. The Morgan fingerprint density at radius 3 is 2.63 bits per heavy atom. The zero-order chi connectivity index (χ0) is 13.8. The maximum absolute atomic E-state index is 4.62. The molecular formula is C14H20N4S. The molecule has 19 heavy (non-hydrogen) atoms. The summed E-state index contributed by atoms with van der Waals surface area (Å²) in [6, 6.07) is 2.03. The maximum atomic E-state index is 4.62. The van der Waals surface area contributed by atoms with Gasteiger partial charge in [0.05, 0.1) is 5.01 Å². The Balaban J connectivity index is 2.39. The molecule has 2 rings (SSSR count). The summed E-state index contributed by atoms with van der Waals surface area (Å²) in [4.78, 5) is 13.6. The van der Waals surface area contributed by atoms with Gasteiger partial charge in [-0.3, -0.25) is 0 Å². The fourth-order valence-corrected chi connectivity index (χ4v) is 2.28. The largest absolute Gasteiger partial charge is 0.370 e. The van der Waals surface area contributed by atoms with Crippen LogP contribution in [0.3, 0.4) is 0 Å². The van der Waals surface area contributed by atoms with Gasteiger partial charge in [-0.1, -0.05) is 20.8 Å². The first-order chi connectivity index (χ1) is 9.10. The Bertz CT molecular complexity index is 548. The summed E-state index contributed by atoms with van der Waals surface area (Å²) < 4.78 is 0. The molecule has 0 aliphatic rings. The Morgan fingerprint density at radius 1 is 1.26 bits per heavy atom. The lowest BCUT2D eigenvalue weighted by molar-refractivity contribution is 0.815. The number of hydrogen-bond acceptors (Lipinski definition) is 5. The number of thiazole rings is 1. The van der Waals surface area contributed by atoms with E-state index in [-0.39, 0.29) is 0 Å². The van der Waals surface area contributed by atoms with E-state index in [1.807, 2.05) is 18.4 Å². The molecule has 0 bridgehead atoms. The van der Waals surface area contributed by atoms with Crippen LogP contribution in [0.25, 0.3) is 11.5 Å². The maximum Gasteiger partial charge on any atom is 0.181 e. The van der Waals surface area contributed by atoms with Gasteiger partial charge in [-0.2, -0.15) is 0 Å². The molecule has 4 nitrogen and oxygen atoms in total. The van der Waals surface area contributed by atoms with Crippen LogP contribution in [0.1, 0.15) is 43.8 Å². The van der Waals surface area contributed by atoms with Crippen LogP contribution in [0.15, 0.2) is 11.4 Å². The summed E-state index contributed by atoms with van der Waals surface area (Å²) in [6.07, 6.45) is 1.08. The van der Waals surface area contributed by atoms with Crippen molar-refractivity contribution in [1.29, 1.82) is 0 Å². The quantitative estimate of drug-likeness (QED) is 0.901. The Hall–Kier alpha value is -1.49. The fourth-order valence-electron chi connectivity index (χ4n) is 1.69. The summed E-state index contributed by atoms with van der Waals surface area (Å²) >= 11 is 1.63. The molecule has 2 aromatic heterocycles. The predicted molar refractivity (Wildman–Crippen MR) is 80.7 cm³/mol. The molecule has 2 heterocycles. The standard InChI is InChI=1S/C14H20N4S/c1-5-6-15-13-7-11(9(2)3)17-14(18-13)12-8-19-10(4)16-12/h7-9H,5-6H2,1-4H3,(H,15,17,18). The lowest BCUT2D eigenvalue weighted by Crippen LogP contribution is -2.06. The number of rotatable bonds is 5. The van der Waals surface area contributed by atoms with Gasteiger partial charge < -0.3 is 5.32 Å². The molecule has 0 atom stereocenters. The van der Waals surface area contributed by atoms with Gasteiger partial charge in [0, 0.05) is 23.7 Å². The zero-order valence-electron chi connectivity index (χ0n) is 11.9.